The van der Waals surface area contributed by atoms with E-state index in [-0.39, 0.29) is 10.9 Å². The number of nitrogens with zero attached hydrogens (tertiary/aromatic N) is 1. The average molecular weight is 283 g/mol. The lowest BCUT2D eigenvalue weighted by molar-refractivity contribution is 0.327. The minimum atomic E-state index is -3.45. The van der Waals surface area contributed by atoms with Gasteiger partial charge in [0.2, 0.25) is 10.0 Å². The Labute approximate surface area is 114 Å². The Morgan fingerprint density at radius 3 is 2.68 bits per heavy atom. The molecule has 0 aliphatic heterocycles. The summed E-state index contributed by atoms with van der Waals surface area (Å²) in [6.07, 6.45) is 5.51. The molecule has 5 nitrogen and oxygen atoms in total. The van der Waals surface area contributed by atoms with Gasteiger partial charge in [0.1, 0.15) is 10.7 Å². The number of anilines is 1. The van der Waals surface area contributed by atoms with Gasteiger partial charge >= 0.3 is 0 Å². The van der Waals surface area contributed by atoms with E-state index < -0.39 is 10.0 Å². The summed E-state index contributed by atoms with van der Waals surface area (Å²) < 4.78 is 27.3. The minimum absolute atomic E-state index is 0.0535. The standard InChI is InChI=1S/C13H21N3O2S/c1-10-4-3-5-11(8-10)16-19(17,18)12-6-7-13(14-2)15-9-12/h6-7,9-11,16H,3-5,8H2,1-2H3,(H,14,15). The summed E-state index contributed by atoms with van der Waals surface area (Å²) in [5, 5.41) is 2.87. The van der Waals surface area contributed by atoms with Gasteiger partial charge in [-0.2, -0.15) is 0 Å². The lowest BCUT2D eigenvalue weighted by Crippen LogP contribution is -2.37. The van der Waals surface area contributed by atoms with Crippen LogP contribution in [-0.2, 0) is 10.0 Å². The molecule has 0 spiro atoms. The predicted molar refractivity (Wildman–Crippen MR) is 75.5 cm³/mol. The van der Waals surface area contributed by atoms with Crippen LogP contribution < -0.4 is 10.0 Å². The molecule has 106 valence electrons. The van der Waals surface area contributed by atoms with E-state index in [1.165, 1.54) is 12.6 Å². The van der Waals surface area contributed by atoms with Crippen LogP contribution in [0.5, 0.6) is 0 Å². The van der Waals surface area contributed by atoms with E-state index in [0.29, 0.717) is 11.7 Å². The summed E-state index contributed by atoms with van der Waals surface area (Å²) in [4.78, 5) is 4.27. The van der Waals surface area contributed by atoms with Crippen LogP contribution in [0.4, 0.5) is 5.82 Å². The second kappa shape index (κ2) is 5.88. The highest BCUT2D eigenvalue weighted by Crippen LogP contribution is 2.24. The SMILES string of the molecule is CNc1ccc(S(=O)(=O)NC2CCCC(C)C2)cn1. The molecule has 1 heterocycles. The summed E-state index contributed by atoms with van der Waals surface area (Å²) in [6.45, 7) is 2.17. The number of aromatic nitrogens is 1. The molecule has 1 saturated carbocycles. The second-order valence-corrected chi connectivity index (χ2v) is 6.93. The number of hydrogen-bond acceptors (Lipinski definition) is 4. The molecule has 2 atom stereocenters. The van der Waals surface area contributed by atoms with Crippen molar-refractivity contribution in [3.63, 3.8) is 0 Å². The first-order valence-corrected chi connectivity index (χ1v) is 8.15. The quantitative estimate of drug-likeness (QED) is 0.886. The van der Waals surface area contributed by atoms with E-state index in [0.717, 1.165) is 19.3 Å². The summed E-state index contributed by atoms with van der Waals surface area (Å²) in [6, 6.07) is 3.29. The highest BCUT2D eigenvalue weighted by molar-refractivity contribution is 7.89. The van der Waals surface area contributed by atoms with Crippen molar-refractivity contribution in [1.82, 2.24) is 9.71 Å². The third kappa shape index (κ3) is 3.67. The average Bonchev–Trinajstić information content (AvgIpc) is 2.38. The van der Waals surface area contributed by atoms with Gasteiger partial charge in [-0.15, -0.1) is 0 Å². The fourth-order valence-electron chi connectivity index (χ4n) is 2.52. The van der Waals surface area contributed by atoms with Gasteiger partial charge in [0.15, 0.2) is 0 Å². The van der Waals surface area contributed by atoms with Crippen molar-refractivity contribution in [3.05, 3.63) is 18.3 Å². The number of hydrogen-bond donors (Lipinski definition) is 2. The molecule has 2 N–H and O–H groups in total. The third-order valence-corrected chi connectivity index (χ3v) is 5.07. The molecule has 0 saturated heterocycles. The first-order chi connectivity index (χ1) is 9.01. The summed E-state index contributed by atoms with van der Waals surface area (Å²) in [7, 11) is -1.70. The Morgan fingerprint density at radius 1 is 1.32 bits per heavy atom. The molecule has 0 bridgehead atoms. The molecule has 1 fully saturated rings. The van der Waals surface area contributed by atoms with Crippen LogP contribution in [-0.4, -0.2) is 26.5 Å². The van der Waals surface area contributed by atoms with Crippen LogP contribution in [0, 0.1) is 5.92 Å². The smallest absolute Gasteiger partial charge is 0.242 e. The highest BCUT2D eigenvalue weighted by atomic mass is 32.2. The normalized spacial score (nSPS) is 24.1. The van der Waals surface area contributed by atoms with Crippen LogP contribution >= 0.6 is 0 Å². The molecule has 1 aromatic heterocycles. The van der Waals surface area contributed by atoms with Gasteiger partial charge in [-0.05, 0) is 30.9 Å². The van der Waals surface area contributed by atoms with Crippen molar-refractivity contribution in [2.45, 2.75) is 43.5 Å². The summed E-state index contributed by atoms with van der Waals surface area (Å²) in [5.41, 5.74) is 0. The fourth-order valence-corrected chi connectivity index (χ4v) is 3.74. The maximum atomic E-state index is 12.2. The van der Waals surface area contributed by atoms with Crippen molar-refractivity contribution in [2.24, 2.45) is 5.92 Å². The van der Waals surface area contributed by atoms with Crippen molar-refractivity contribution >= 4 is 15.8 Å². The van der Waals surface area contributed by atoms with Crippen LogP contribution in [0.1, 0.15) is 32.6 Å². The number of sulfonamides is 1. The maximum Gasteiger partial charge on any atom is 0.242 e. The van der Waals surface area contributed by atoms with Crippen LogP contribution in [0.2, 0.25) is 0 Å². The van der Waals surface area contributed by atoms with E-state index in [4.69, 9.17) is 0 Å². The Hall–Kier alpha value is -1.14. The topological polar surface area (TPSA) is 71.1 Å². The van der Waals surface area contributed by atoms with Gasteiger partial charge in [0.05, 0.1) is 0 Å². The second-order valence-electron chi connectivity index (χ2n) is 5.22. The molecule has 0 amide bonds. The zero-order valence-electron chi connectivity index (χ0n) is 11.4. The monoisotopic (exact) mass is 283 g/mol. The molecule has 1 aliphatic carbocycles. The first kappa shape index (κ1) is 14.3. The Morgan fingerprint density at radius 2 is 2.11 bits per heavy atom. The molecule has 6 heteroatoms. The lowest BCUT2D eigenvalue weighted by atomic mass is 9.88. The van der Waals surface area contributed by atoms with Gasteiger partial charge in [0, 0.05) is 19.3 Å². The van der Waals surface area contributed by atoms with Crippen LogP contribution in [0.3, 0.4) is 0 Å². The van der Waals surface area contributed by atoms with Crippen molar-refractivity contribution in [3.8, 4) is 0 Å². The fraction of sp³-hybridized carbons (Fsp3) is 0.615. The van der Waals surface area contributed by atoms with Crippen molar-refractivity contribution in [1.29, 1.82) is 0 Å². The van der Waals surface area contributed by atoms with E-state index in [9.17, 15) is 8.42 Å². The van der Waals surface area contributed by atoms with Gasteiger partial charge in [0.25, 0.3) is 0 Å². The molecule has 1 aliphatic rings. The molecular weight excluding hydrogens is 262 g/mol. The molecule has 2 rings (SSSR count). The zero-order chi connectivity index (χ0) is 13.9. The molecule has 2 unspecified atom stereocenters. The molecule has 0 radical (unpaired) electrons. The van der Waals surface area contributed by atoms with E-state index in [1.54, 1.807) is 19.2 Å². The molecule has 19 heavy (non-hydrogen) atoms. The minimum Gasteiger partial charge on any atom is -0.373 e. The summed E-state index contributed by atoms with van der Waals surface area (Å²) >= 11 is 0. The Bertz CT molecular complexity index is 513. The predicted octanol–water partition coefficient (Wildman–Crippen LogP) is 1.98. The molecular formula is C13H21N3O2S. The Balaban J connectivity index is 2.08. The number of rotatable bonds is 4. The van der Waals surface area contributed by atoms with Crippen molar-refractivity contribution in [2.75, 3.05) is 12.4 Å². The highest BCUT2D eigenvalue weighted by Gasteiger charge is 2.24. The van der Waals surface area contributed by atoms with E-state index in [1.807, 2.05) is 0 Å². The van der Waals surface area contributed by atoms with E-state index in [2.05, 4.69) is 21.9 Å². The molecule has 1 aromatic rings. The summed E-state index contributed by atoms with van der Waals surface area (Å²) in [5.74, 6) is 1.25. The van der Waals surface area contributed by atoms with Gasteiger partial charge in [-0.1, -0.05) is 19.8 Å². The number of pyridine rings is 1. The van der Waals surface area contributed by atoms with Crippen LogP contribution in [0.25, 0.3) is 0 Å². The maximum absolute atomic E-state index is 12.2. The third-order valence-electron chi connectivity index (χ3n) is 3.56. The lowest BCUT2D eigenvalue weighted by Gasteiger charge is -2.27. The largest absolute Gasteiger partial charge is 0.373 e. The first-order valence-electron chi connectivity index (χ1n) is 6.67. The van der Waals surface area contributed by atoms with Crippen molar-refractivity contribution < 1.29 is 8.42 Å². The van der Waals surface area contributed by atoms with Gasteiger partial charge < -0.3 is 5.32 Å². The van der Waals surface area contributed by atoms with E-state index >= 15 is 0 Å². The van der Waals surface area contributed by atoms with Gasteiger partial charge in [-0.25, -0.2) is 18.1 Å². The molecule has 0 aromatic carbocycles. The number of nitrogens with one attached hydrogen (secondary N) is 2. The zero-order valence-corrected chi connectivity index (χ0v) is 12.2. The Kier molecular flexibility index (Phi) is 4.42. The van der Waals surface area contributed by atoms with Crippen LogP contribution in [0.15, 0.2) is 23.2 Å². The van der Waals surface area contributed by atoms with Gasteiger partial charge in [-0.3, -0.25) is 0 Å².